The summed E-state index contributed by atoms with van der Waals surface area (Å²) in [5.41, 5.74) is 1.04. The molecule has 0 spiro atoms. The first-order valence-corrected chi connectivity index (χ1v) is 16.6. The van der Waals surface area contributed by atoms with Gasteiger partial charge in [-0.25, -0.2) is 9.59 Å². The molecular formula is C28H43NO6SSi. The van der Waals surface area contributed by atoms with Crippen LogP contribution in [-0.4, -0.2) is 62.0 Å². The Labute approximate surface area is 227 Å². The van der Waals surface area contributed by atoms with Crippen LogP contribution in [0.5, 0.6) is 0 Å². The van der Waals surface area contributed by atoms with Gasteiger partial charge in [0.2, 0.25) is 0 Å². The largest absolute Gasteiger partial charge is 0.467 e. The third-order valence-electron chi connectivity index (χ3n) is 6.63. The smallest absolute Gasteiger partial charge is 0.408 e. The SMILES string of the molecule is COC(=O)[C@H](CSC1CC(=O)C(=Cc2ccccc2)CC1O[Si](C)(C)C(C)(C)C)NC(=O)OC(C)(C)C. The van der Waals surface area contributed by atoms with E-state index in [4.69, 9.17) is 13.9 Å². The maximum absolute atomic E-state index is 13.2. The maximum atomic E-state index is 13.2. The summed E-state index contributed by atoms with van der Waals surface area (Å²) in [6.45, 7) is 16.2. The third-order valence-corrected chi connectivity index (χ3v) is 12.6. The number of nitrogens with one attached hydrogen (secondary N) is 1. The molecule has 2 rings (SSSR count). The minimum atomic E-state index is -2.15. The van der Waals surface area contributed by atoms with Gasteiger partial charge in [0.1, 0.15) is 11.6 Å². The molecule has 3 atom stereocenters. The lowest BCUT2D eigenvalue weighted by Crippen LogP contribution is -2.49. The van der Waals surface area contributed by atoms with E-state index in [-0.39, 0.29) is 27.9 Å². The van der Waals surface area contributed by atoms with E-state index in [0.29, 0.717) is 12.8 Å². The van der Waals surface area contributed by atoms with Crippen molar-refractivity contribution >= 4 is 44.0 Å². The zero-order valence-corrected chi connectivity index (χ0v) is 25.5. The zero-order valence-electron chi connectivity index (χ0n) is 23.7. The second-order valence-electron chi connectivity index (χ2n) is 11.9. The fraction of sp³-hybridized carbons (Fsp3) is 0.607. The number of ketones is 1. The van der Waals surface area contributed by atoms with Gasteiger partial charge in [0.25, 0.3) is 0 Å². The number of rotatable bonds is 8. The van der Waals surface area contributed by atoms with Crippen molar-refractivity contribution in [2.24, 2.45) is 0 Å². The molecule has 206 valence electrons. The molecule has 0 aromatic heterocycles. The highest BCUT2D eigenvalue weighted by molar-refractivity contribution is 8.00. The van der Waals surface area contributed by atoms with Crippen molar-refractivity contribution in [3.05, 3.63) is 41.5 Å². The number of alkyl carbamates (subject to hydrolysis) is 1. The van der Waals surface area contributed by atoms with E-state index in [1.807, 2.05) is 36.4 Å². The molecule has 1 amide bonds. The highest BCUT2D eigenvalue weighted by atomic mass is 32.2. The molecule has 37 heavy (non-hydrogen) atoms. The molecule has 9 heteroatoms. The molecule has 1 aliphatic carbocycles. The number of hydrogen-bond donors (Lipinski definition) is 1. The lowest BCUT2D eigenvalue weighted by molar-refractivity contribution is -0.142. The number of ether oxygens (including phenoxy) is 2. The van der Waals surface area contributed by atoms with Gasteiger partial charge in [-0.1, -0.05) is 51.1 Å². The van der Waals surface area contributed by atoms with Gasteiger partial charge in [-0.2, -0.15) is 11.8 Å². The minimum absolute atomic E-state index is 0.000197. The van der Waals surface area contributed by atoms with E-state index >= 15 is 0 Å². The normalized spacial score (nSPS) is 20.9. The fourth-order valence-electron chi connectivity index (χ4n) is 3.62. The van der Waals surface area contributed by atoms with Crippen LogP contribution < -0.4 is 5.32 Å². The van der Waals surface area contributed by atoms with E-state index in [0.717, 1.165) is 11.1 Å². The van der Waals surface area contributed by atoms with Crippen LogP contribution in [0.15, 0.2) is 35.9 Å². The van der Waals surface area contributed by atoms with E-state index in [9.17, 15) is 14.4 Å². The highest BCUT2D eigenvalue weighted by Crippen LogP contribution is 2.41. The van der Waals surface area contributed by atoms with Crippen molar-refractivity contribution in [3.8, 4) is 0 Å². The van der Waals surface area contributed by atoms with E-state index in [1.165, 1.54) is 18.9 Å². The van der Waals surface area contributed by atoms with E-state index < -0.39 is 32.0 Å². The number of thioether (sulfide) groups is 1. The van der Waals surface area contributed by atoms with Crippen LogP contribution in [-0.2, 0) is 23.5 Å². The fourth-order valence-corrected chi connectivity index (χ4v) is 6.37. The molecule has 1 fully saturated rings. The summed E-state index contributed by atoms with van der Waals surface area (Å²) >= 11 is 1.46. The summed E-state index contributed by atoms with van der Waals surface area (Å²) in [5.74, 6) is -0.253. The maximum Gasteiger partial charge on any atom is 0.408 e. The summed E-state index contributed by atoms with van der Waals surface area (Å²) in [6, 6.07) is 8.90. The Morgan fingerprint density at radius 1 is 1.11 bits per heavy atom. The van der Waals surface area contributed by atoms with Crippen molar-refractivity contribution in [2.45, 2.75) is 95.5 Å². The first-order chi connectivity index (χ1) is 17.0. The molecule has 0 aliphatic heterocycles. The number of amides is 1. The van der Waals surface area contributed by atoms with E-state index in [1.54, 1.807) is 20.8 Å². The Balaban J connectivity index is 2.25. The van der Waals surface area contributed by atoms with Gasteiger partial charge in [0.15, 0.2) is 14.1 Å². The van der Waals surface area contributed by atoms with E-state index in [2.05, 4.69) is 39.2 Å². The zero-order chi connectivity index (χ0) is 28.0. The first kappa shape index (κ1) is 31.1. The Bertz CT molecular complexity index is 981. The topological polar surface area (TPSA) is 90.9 Å². The molecule has 1 N–H and O–H groups in total. The van der Waals surface area contributed by atoms with Gasteiger partial charge in [0, 0.05) is 23.8 Å². The minimum Gasteiger partial charge on any atom is -0.467 e. The molecule has 0 saturated heterocycles. The number of methoxy groups -OCH3 is 1. The summed E-state index contributed by atoms with van der Waals surface area (Å²) in [5, 5.41) is 2.45. The number of carbonyl (C=O) groups is 3. The van der Waals surface area contributed by atoms with Crippen LogP contribution in [0.1, 0.15) is 59.9 Å². The molecule has 0 bridgehead atoms. The third kappa shape index (κ3) is 9.61. The average Bonchev–Trinajstić information content (AvgIpc) is 2.77. The first-order valence-electron chi connectivity index (χ1n) is 12.7. The van der Waals surface area contributed by atoms with Crippen LogP contribution >= 0.6 is 11.8 Å². The number of carbonyl (C=O) groups excluding carboxylic acids is 3. The van der Waals surface area contributed by atoms with Gasteiger partial charge < -0.3 is 19.2 Å². The van der Waals surface area contributed by atoms with Gasteiger partial charge in [-0.05, 0) is 56.1 Å². The summed E-state index contributed by atoms with van der Waals surface area (Å²) < 4.78 is 17.1. The Morgan fingerprint density at radius 3 is 2.27 bits per heavy atom. The standard InChI is InChI=1S/C28H43NO6SSi/c1-27(2,3)34-26(32)29-21(25(31)33-7)18-36-24-17-22(30)20(15-19-13-11-10-12-14-19)16-23(24)35-37(8,9)28(4,5)6/h10-15,21,23-24H,16-18H2,1-9H3,(H,29,32)/t21-,23?,24?/m0/s1. The molecule has 1 aromatic rings. The summed E-state index contributed by atoms with van der Waals surface area (Å²) in [4.78, 5) is 38.0. The lowest BCUT2D eigenvalue weighted by atomic mass is 9.89. The molecule has 7 nitrogen and oxygen atoms in total. The molecule has 1 aromatic carbocycles. The van der Waals surface area contributed by atoms with Gasteiger partial charge >= 0.3 is 12.1 Å². The Hall–Kier alpha value is -2.10. The second kappa shape index (κ2) is 12.6. The van der Waals surface area contributed by atoms with Gasteiger partial charge in [0.05, 0.1) is 13.2 Å². The molecule has 1 aliphatic rings. The molecule has 2 unspecified atom stereocenters. The quantitative estimate of drug-likeness (QED) is 0.242. The highest BCUT2D eigenvalue weighted by Gasteiger charge is 2.43. The monoisotopic (exact) mass is 549 g/mol. The van der Waals surface area contributed by atoms with Crippen LogP contribution in [0, 0.1) is 0 Å². The number of benzene rings is 1. The van der Waals surface area contributed by atoms with Crippen molar-refractivity contribution in [1.82, 2.24) is 5.32 Å². The van der Waals surface area contributed by atoms with Crippen LogP contribution in [0.3, 0.4) is 0 Å². The van der Waals surface area contributed by atoms with Gasteiger partial charge in [-0.3, -0.25) is 4.79 Å². The Morgan fingerprint density at radius 2 is 1.73 bits per heavy atom. The summed E-state index contributed by atoms with van der Waals surface area (Å²) in [6.07, 6.45) is 1.86. The van der Waals surface area contributed by atoms with Crippen LogP contribution in [0.4, 0.5) is 4.79 Å². The van der Waals surface area contributed by atoms with Gasteiger partial charge in [-0.15, -0.1) is 0 Å². The predicted molar refractivity (Wildman–Crippen MR) is 152 cm³/mol. The van der Waals surface area contributed by atoms with Crippen LogP contribution in [0.25, 0.3) is 6.08 Å². The number of hydrogen-bond acceptors (Lipinski definition) is 7. The Kier molecular flexibility index (Phi) is 10.6. The predicted octanol–water partition coefficient (Wildman–Crippen LogP) is 5.99. The van der Waals surface area contributed by atoms with Crippen molar-refractivity contribution in [1.29, 1.82) is 0 Å². The number of Topliss-reactive ketones (excluding diaryl/α,β-unsaturated/α-hetero) is 1. The average molecular weight is 550 g/mol. The van der Waals surface area contributed by atoms with Crippen molar-refractivity contribution in [3.63, 3.8) is 0 Å². The number of esters is 1. The van der Waals surface area contributed by atoms with Crippen LogP contribution in [0.2, 0.25) is 18.1 Å². The molecular weight excluding hydrogens is 506 g/mol. The van der Waals surface area contributed by atoms with Crippen molar-refractivity contribution < 1.29 is 28.3 Å². The second-order valence-corrected chi connectivity index (χ2v) is 18.0. The summed E-state index contributed by atoms with van der Waals surface area (Å²) in [7, 11) is -0.866. The lowest BCUT2D eigenvalue weighted by Gasteiger charge is -2.43. The molecule has 0 heterocycles. The molecule has 1 saturated carbocycles. The van der Waals surface area contributed by atoms with Crippen molar-refractivity contribution in [2.75, 3.05) is 12.9 Å². The molecule has 0 radical (unpaired) electrons.